The van der Waals surface area contributed by atoms with Gasteiger partial charge in [0.15, 0.2) is 0 Å². The lowest BCUT2D eigenvalue weighted by Crippen LogP contribution is -2.35. The third-order valence-corrected chi connectivity index (χ3v) is 3.14. The van der Waals surface area contributed by atoms with Crippen molar-refractivity contribution in [1.82, 2.24) is 15.3 Å². The van der Waals surface area contributed by atoms with Gasteiger partial charge in [-0.2, -0.15) is 0 Å². The maximum Gasteiger partial charge on any atom is 0.239 e. The third-order valence-electron chi connectivity index (χ3n) is 2.16. The molecule has 2 aromatic rings. The van der Waals surface area contributed by atoms with E-state index in [1.165, 1.54) is 11.3 Å². The predicted molar refractivity (Wildman–Crippen MR) is 74.2 cm³/mol. The minimum Gasteiger partial charge on any atom is -0.360 e. The number of thiophene rings is 1. The van der Waals surface area contributed by atoms with Crippen LogP contribution in [0.3, 0.4) is 0 Å². The van der Waals surface area contributed by atoms with Crippen LogP contribution >= 0.6 is 22.9 Å². The molecule has 0 fully saturated rings. The first-order chi connectivity index (χ1) is 8.56. The highest BCUT2D eigenvalue weighted by molar-refractivity contribution is 7.16. The predicted octanol–water partition coefficient (Wildman–Crippen LogP) is 2.28. The van der Waals surface area contributed by atoms with Gasteiger partial charge >= 0.3 is 0 Å². The van der Waals surface area contributed by atoms with Crippen molar-refractivity contribution in [1.29, 1.82) is 0 Å². The summed E-state index contributed by atoms with van der Waals surface area (Å²) in [6, 6.07) is 2.02. The van der Waals surface area contributed by atoms with Gasteiger partial charge in [0.1, 0.15) is 10.6 Å². The summed E-state index contributed by atoms with van der Waals surface area (Å²) >= 11 is 7.31. The molecule has 96 valence electrons. The summed E-state index contributed by atoms with van der Waals surface area (Å²) in [6.07, 6.45) is 0. The minimum absolute atomic E-state index is 0.0804. The fourth-order valence-electron chi connectivity index (χ4n) is 1.50. The summed E-state index contributed by atoms with van der Waals surface area (Å²) in [6.45, 7) is 3.99. The molecule has 0 spiro atoms. The van der Waals surface area contributed by atoms with Gasteiger partial charge in [0.05, 0.1) is 11.9 Å². The van der Waals surface area contributed by atoms with Gasteiger partial charge < -0.3 is 10.6 Å². The third kappa shape index (κ3) is 3.08. The summed E-state index contributed by atoms with van der Waals surface area (Å²) in [4.78, 5) is 20.5. The SMILES string of the molecule is CC(C)NC(=O)CNc1nc(Cl)nc2sccc12. The first-order valence-electron chi connectivity index (χ1n) is 5.50. The number of fused-ring (bicyclic) bond motifs is 1. The van der Waals surface area contributed by atoms with E-state index in [0.29, 0.717) is 5.82 Å². The van der Waals surface area contributed by atoms with Gasteiger partial charge in [-0.3, -0.25) is 4.79 Å². The number of aromatic nitrogens is 2. The molecule has 0 saturated carbocycles. The van der Waals surface area contributed by atoms with Crippen LogP contribution in [0.5, 0.6) is 0 Å². The van der Waals surface area contributed by atoms with Gasteiger partial charge in [0.2, 0.25) is 11.2 Å². The number of anilines is 1. The van der Waals surface area contributed by atoms with Crippen molar-refractivity contribution in [2.45, 2.75) is 19.9 Å². The van der Waals surface area contributed by atoms with Gasteiger partial charge in [-0.1, -0.05) is 0 Å². The number of nitrogens with zero attached hydrogens (tertiary/aromatic N) is 2. The molecule has 0 saturated heterocycles. The fraction of sp³-hybridized carbons (Fsp3) is 0.364. The lowest BCUT2D eigenvalue weighted by Gasteiger charge is -2.10. The lowest BCUT2D eigenvalue weighted by atomic mass is 10.3. The van der Waals surface area contributed by atoms with Gasteiger partial charge in [0.25, 0.3) is 0 Å². The smallest absolute Gasteiger partial charge is 0.239 e. The Morgan fingerprint density at radius 1 is 1.50 bits per heavy atom. The quantitative estimate of drug-likeness (QED) is 0.846. The largest absolute Gasteiger partial charge is 0.360 e. The molecule has 0 aliphatic rings. The zero-order valence-electron chi connectivity index (χ0n) is 10.0. The molecule has 0 unspecified atom stereocenters. The van der Waals surface area contributed by atoms with Crippen LogP contribution in [-0.2, 0) is 4.79 Å². The molecule has 5 nitrogen and oxygen atoms in total. The Hall–Kier alpha value is -1.40. The molecule has 2 N–H and O–H groups in total. The molecule has 0 aromatic carbocycles. The van der Waals surface area contributed by atoms with Crippen LogP contribution in [0.1, 0.15) is 13.8 Å². The number of carbonyl (C=O) groups is 1. The van der Waals surface area contributed by atoms with E-state index in [9.17, 15) is 4.79 Å². The molecule has 0 aliphatic carbocycles. The van der Waals surface area contributed by atoms with E-state index < -0.39 is 0 Å². The number of carbonyl (C=O) groups excluding carboxylic acids is 1. The Morgan fingerprint density at radius 2 is 2.28 bits per heavy atom. The second kappa shape index (κ2) is 5.49. The van der Waals surface area contributed by atoms with Crippen LogP contribution < -0.4 is 10.6 Å². The van der Waals surface area contributed by atoms with E-state index in [0.717, 1.165) is 10.2 Å². The zero-order chi connectivity index (χ0) is 13.1. The molecule has 7 heteroatoms. The average Bonchev–Trinajstić information content (AvgIpc) is 2.72. The number of hydrogen-bond donors (Lipinski definition) is 2. The molecule has 0 bridgehead atoms. The van der Waals surface area contributed by atoms with Gasteiger partial charge in [-0.05, 0) is 36.9 Å². The number of halogens is 1. The molecule has 0 aliphatic heterocycles. The van der Waals surface area contributed by atoms with Crippen molar-refractivity contribution in [2.75, 3.05) is 11.9 Å². The number of rotatable bonds is 4. The standard InChI is InChI=1S/C11H13ClN4OS/c1-6(2)14-8(17)5-13-9-7-3-4-18-10(7)16-11(12)15-9/h3-4,6H,5H2,1-2H3,(H,14,17)(H,13,15,16). The highest BCUT2D eigenvalue weighted by atomic mass is 35.5. The van der Waals surface area contributed by atoms with Crippen molar-refractivity contribution in [2.24, 2.45) is 0 Å². The number of amides is 1. The highest BCUT2D eigenvalue weighted by Crippen LogP contribution is 2.26. The molecular formula is C11H13ClN4OS. The monoisotopic (exact) mass is 284 g/mol. The topological polar surface area (TPSA) is 66.9 Å². The second-order valence-corrected chi connectivity index (χ2v) is 5.29. The molecule has 0 radical (unpaired) electrons. The van der Waals surface area contributed by atoms with E-state index >= 15 is 0 Å². The second-order valence-electron chi connectivity index (χ2n) is 4.06. The van der Waals surface area contributed by atoms with Crippen molar-refractivity contribution < 1.29 is 4.79 Å². The first kappa shape index (κ1) is 13.0. The Morgan fingerprint density at radius 3 is 3.00 bits per heavy atom. The highest BCUT2D eigenvalue weighted by Gasteiger charge is 2.09. The summed E-state index contributed by atoms with van der Waals surface area (Å²) in [7, 11) is 0. The van der Waals surface area contributed by atoms with Crippen LogP contribution in [0.15, 0.2) is 11.4 Å². The molecule has 2 rings (SSSR count). The maximum absolute atomic E-state index is 11.5. The minimum atomic E-state index is -0.0804. The average molecular weight is 285 g/mol. The molecule has 1 amide bonds. The molecular weight excluding hydrogens is 272 g/mol. The van der Waals surface area contributed by atoms with E-state index in [1.807, 2.05) is 25.3 Å². The van der Waals surface area contributed by atoms with Crippen LogP contribution in [0, 0.1) is 0 Å². The molecule has 2 aromatic heterocycles. The van der Waals surface area contributed by atoms with Gasteiger partial charge in [-0.25, -0.2) is 9.97 Å². The molecule has 2 heterocycles. The van der Waals surface area contributed by atoms with Crippen LogP contribution in [0.2, 0.25) is 5.28 Å². The van der Waals surface area contributed by atoms with Crippen LogP contribution in [-0.4, -0.2) is 28.5 Å². The van der Waals surface area contributed by atoms with E-state index in [-0.39, 0.29) is 23.8 Å². The van der Waals surface area contributed by atoms with Gasteiger partial charge in [0, 0.05) is 6.04 Å². The Kier molecular flexibility index (Phi) is 3.98. The van der Waals surface area contributed by atoms with Crippen molar-refractivity contribution in [3.8, 4) is 0 Å². The summed E-state index contributed by atoms with van der Waals surface area (Å²) in [5, 5.41) is 8.74. The first-order valence-corrected chi connectivity index (χ1v) is 6.76. The maximum atomic E-state index is 11.5. The van der Waals surface area contributed by atoms with Crippen molar-refractivity contribution >= 4 is 44.9 Å². The normalized spacial score (nSPS) is 10.9. The molecule has 18 heavy (non-hydrogen) atoms. The number of hydrogen-bond acceptors (Lipinski definition) is 5. The summed E-state index contributed by atoms with van der Waals surface area (Å²) in [5.41, 5.74) is 0. The van der Waals surface area contributed by atoms with Crippen molar-refractivity contribution in [3.63, 3.8) is 0 Å². The Labute approximate surface area is 114 Å². The Bertz CT molecular complexity index is 569. The molecule has 0 atom stereocenters. The zero-order valence-corrected chi connectivity index (χ0v) is 11.6. The van der Waals surface area contributed by atoms with Crippen LogP contribution in [0.25, 0.3) is 10.2 Å². The fourth-order valence-corrected chi connectivity index (χ4v) is 2.48. The van der Waals surface area contributed by atoms with E-state index in [2.05, 4.69) is 20.6 Å². The van der Waals surface area contributed by atoms with E-state index in [4.69, 9.17) is 11.6 Å². The number of nitrogens with one attached hydrogen (secondary N) is 2. The summed E-state index contributed by atoms with van der Waals surface area (Å²) in [5.74, 6) is 0.508. The lowest BCUT2D eigenvalue weighted by molar-refractivity contribution is -0.119. The van der Waals surface area contributed by atoms with Gasteiger partial charge in [-0.15, -0.1) is 11.3 Å². The summed E-state index contributed by atoms with van der Waals surface area (Å²) < 4.78 is 0. The van der Waals surface area contributed by atoms with Crippen molar-refractivity contribution in [3.05, 3.63) is 16.7 Å². The van der Waals surface area contributed by atoms with Crippen LogP contribution in [0.4, 0.5) is 5.82 Å². The van der Waals surface area contributed by atoms with E-state index in [1.54, 1.807) is 0 Å². The Balaban J connectivity index is 2.11.